The highest BCUT2D eigenvalue weighted by atomic mass is 32.1. The lowest BCUT2D eigenvalue weighted by atomic mass is 10.1. The first-order chi connectivity index (χ1) is 12.9. The fourth-order valence-electron chi connectivity index (χ4n) is 2.95. The van der Waals surface area contributed by atoms with Gasteiger partial charge in [0.15, 0.2) is 0 Å². The minimum absolute atomic E-state index is 0.0344. The van der Waals surface area contributed by atoms with Gasteiger partial charge in [-0.2, -0.15) is 0 Å². The van der Waals surface area contributed by atoms with Gasteiger partial charge in [-0.1, -0.05) is 12.1 Å². The second-order valence-electron chi connectivity index (χ2n) is 6.51. The highest BCUT2D eigenvalue weighted by Gasteiger charge is 2.15. The molecule has 0 atom stereocenters. The molecule has 0 unspecified atom stereocenters. The number of hydrogen-bond donors (Lipinski definition) is 2. The molecule has 5 nitrogen and oxygen atoms in total. The summed E-state index contributed by atoms with van der Waals surface area (Å²) in [6.07, 6.45) is 0.421. The maximum Gasteiger partial charge on any atom is 0.303 e. The number of rotatable bonds is 7. The van der Waals surface area contributed by atoms with Crippen LogP contribution in [0.5, 0.6) is 0 Å². The van der Waals surface area contributed by atoms with E-state index in [1.54, 1.807) is 11.3 Å². The fraction of sp³-hybridized carbons (Fsp3) is 0.238. The Balaban J connectivity index is 1.82. The van der Waals surface area contributed by atoms with Gasteiger partial charge in [0, 0.05) is 11.4 Å². The van der Waals surface area contributed by atoms with E-state index in [9.17, 15) is 9.59 Å². The van der Waals surface area contributed by atoms with Gasteiger partial charge in [-0.15, -0.1) is 11.3 Å². The van der Waals surface area contributed by atoms with E-state index in [0.717, 1.165) is 27.5 Å². The molecule has 0 bridgehead atoms. The number of aliphatic carboxylic acids is 1. The van der Waals surface area contributed by atoms with Crippen molar-refractivity contribution in [2.45, 2.75) is 33.2 Å². The lowest BCUT2D eigenvalue weighted by molar-refractivity contribution is -0.137. The molecule has 0 aliphatic heterocycles. The van der Waals surface area contributed by atoms with E-state index in [1.165, 1.54) is 5.56 Å². The van der Waals surface area contributed by atoms with Crippen LogP contribution in [0, 0.1) is 13.8 Å². The van der Waals surface area contributed by atoms with Crippen LogP contribution in [0.2, 0.25) is 0 Å². The summed E-state index contributed by atoms with van der Waals surface area (Å²) in [5.41, 5.74) is 4.83. The standard InChI is InChI=1S/C21H22N2O3S/c1-14-5-6-16(12-15(14)2)22-20(24)13-23-17(8-10-21(25)26)7-9-18(23)19-4-3-11-27-19/h3-7,9,11-12H,8,10,13H2,1-2H3,(H,22,24)(H,25,26). The quantitative estimate of drug-likeness (QED) is 0.632. The summed E-state index contributed by atoms with van der Waals surface area (Å²) in [6.45, 7) is 4.18. The Hall–Kier alpha value is -2.86. The zero-order valence-electron chi connectivity index (χ0n) is 15.4. The fourth-order valence-corrected chi connectivity index (χ4v) is 3.71. The zero-order valence-corrected chi connectivity index (χ0v) is 16.2. The maximum atomic E-state index is 12.6. The average molecular weight is 382 g/mol. The lowest BCUT2D eigenvalue weighted by Crippen LogP contribution is -2.21. The van der Waals surface area contributed by atoms with Crippen LogP contribution in [0.25, 0.3) is 10.6 Å². The molecule has 3 rings (SSSR count). The third kappa shape index (κ3) is 4.65. The minimum atomic E-state index is -0.847. The van der Waals surface area contributed by atoms with Gasteiger partial charge in [-0.05, 0) is 67.1 Å². The molecular weight excluding hydrogens is 360 g/mol. The smallest absolute Gasteiger partial charge is 0.303 e. The zero-order chi connectivity index (χ0) is 19.4. The predicted octanol–water partition coefficient (Wildman–Crippen LogP) is 4.49. The Bertz CT molecular complexity index is 958. The number of benzene rings is 1. The SMILES string of the molecule is Cc1ccc(NC(=O)Cn2c(CCC(=O)O)ccc2-c2cccs2)cc1C. The summed E-state index contributed by atoms with van der Waals surface area (Å²) in [6, 6.07) is 13.6. The van der Waals surface area contributed by atoms with E-state index in [1.807, 2.05) is 66.3 Å². The number of carboxylic acid groups (broad SMARTS) is 1. The van der Waals surface area contributed by atoms with Crippen LogP contribution in [0.3, 0.4) is 0 Å². The average Bonchev–Trinajstić information content (AvgIpc) is 3.26. The Morgan fingerprint density at radius 1 is 1.11 bits per heavy atom. The van der Waals surface area contributed by atoms with Crippen LogP contribution < -0.4 is 5.32 Å². The summed E-state index contributed by atoms with van der Waals surface area (Å²) in [5, 5.41) is 13.9. The van der Waals surface area contributed by atoms with Crippen molar-refractivity contribution in [3.05, 3.63) is 64.7 Å². The molecular formula is C21H22N2O3S. The van der Waals surface area contributed by atoms with Crippen molar-refractivity contribution in [1.29, 1.82) is 0 Å². The summed E-state index contributed by atoms with van der Waals surface area (Å²) >= 11 is 1.59. The van der Waals surface area contributed by atoms with Crippen molar-refractivity contribution in [2.75, 3.05) is 5.32 Å². The molecule has 0 radical (unpaired) electrons. The van der Waals surface area contributed by atoms with Gasteiger partial charge in [0.05, 0.1) is 17.0 Å². The predicted molar refractivity (Wildman–Crippen MR) is 108 cm³/mol. The molecule has 2 N–H and O–H groups in total. The van der Waals surface area contributed by atoms with Gasteiger partial charge < -0.3 is 15.0 Å². The highest BCUT2D eigenvalue weighted by molar-refractivity contribution is 7.13. The summed E-state index contributed by atoms with van der Waals surface area (Å²) in [7, 11) is 0. The maximum absolute atomic E-state index is 12.6. The molecule has 0 saturated carbocycles. The minimum Gasteiger partial charge on any atom is -0.481 e. The molecule has 0 spiro atoms. The van der Waals surface area contributed by atoms with Crippen LogP contribution in [-0.2, 0) is 22.6 Å². The first-order valence-corrected chi connectivity index (χ1v) is 9.63. The number of hydrogen-bond acceptors (Lipinski definition) is 3. The van der Waals surface area contributed by atoms with Crippen molar-refractivity contribution in [3.8, 4) is 10.6 Å². The molecule has 0 aliphatic rings. The van der Waals surface area contributed by atoms with Crippen molar-refractivity contribution < 1.29 is 14.7 Å². The van der Waals surface area contributed by atoms with Crippen molar-refractivity contribution >= 4 is 28.9 Å². The second kappa shape index (κ2) is 8.22. The van der Waals surface area contributed by atoms with E-state index in [-0.39, 0.29) is 18.9 Å². The summed E-state index contributed by atoms with van der Waals surface area (Å²) in [5.74, 6) is -0.983. The number of aromatic nitrogens is 1. The number of amides is 1. The molecule has 2 heterocycles. The van der Waals surface area contributed by atoms with Gasteiger partial charge >= 0.3 is 5.97 Å². The number of anilines is 1. The molecule has 1 amide bonds. The van der Waals surface area contributed by atoms with E-state index in [2.05, 4.69) is 5.32 Å². The van der Waals surface area contributed by atoms with E-state index in [4.69, 9.17) is 5.11 Å². The number of carbonyl (C=O) groups is 2. The molecule has 1 aromatic carbocycles. The Morgan fingerprint density at radius 2 is 1.93 bits per heavy atom. The van der Waals surface area contributed by atoms with Crippen LogP contribution in [0.1, 0.15) is 23.2 Å². The molecule has 0 fully saturated rings. The van der Waals surface area contributed by atoms with E-state index < -0.39 is 5.97 Å². The Labute approximate surface area is 162 Å². The Kier molecular flexibility index (Phi) is 5.76. The molecule has 3 aromatic rings. The number of carboxylic acids is 1. The van der Waals surface area contributed by atoms with Gasteiger partial charge in [-0.3, -0.25) is 9.59 Å². The van der Waals surface area contributed by atoms with E-state index >= 15 is 0 Å². The monoisotopic (exact) mass is 382 g/mol. The number of thiophene rings is 1. The molecule has 2 aromatic heterocycles. The van der Waals surface area contributed by atoms with Crippen LogP contribution in [-0.4, -0.2) is 21.6 Å². The normalized spacial score (nSPS) is 10.7. The largest absolute Gasteiger partial charge is 0.481 e. The molecule has 27 heavy (non-hydrogen) atoms. The number of nitrogens with zero attached hydrogens (tertiary/aromatic N) is 1. The van der Waals surface area contributed by atoms with Crippen LogP contribution >= 0.6 is 11.3 Å². The second-order valence-corrected chi connectivity index (χ2v) is 7.46. The molecule has 0 saturated heterocycles. The summed E-state index contributed by atoms with van der Waals surface area (Å²) < 4.78 is 1.91. The number of nitrogens with one attached hydrogen (secondary N) is 1. The molecule has 140 valence electrons. The van der Waals surface area contributed by atoms with Crippen molar-refractivity contribution in [1.82, 2.24) is 4.57 Å². The first kappa shape index (κ1) is 18.9. The number of carbonyl (C=O) groups excluding carboxylic acids is 1. The topological polar surface area (TPSA) is 71.3 Å². The van der Waals surface area contributed by atoms with Gasteiger partial charge in [0.25, 0.3) is 0 Å². The van der Waals surface area contributed by atoms with Crippen molar-refractivity contribution in [3.63, 3.8) is 0 Å². The number of aryl methyl sites for hydroxylation is 3. The first-order valence-electron chi connectivity index (χ1n) is 8.75. The summed E-state index contributed by atoms with van der Waals surface area (Å²) in [4.78, 5) is 24.7. The lowest BCUT2D eigenvalue weighted by Gasteiger charge is -2.13. The van der Waals surface area contributed by atoms with Gasteiger partial charge in [-0.25, -0.2) is 0 Å². The van der Waals surface area contributed by atoms with Crippen LogP contribution in [0.4, 0.5) is 5.69 Å². The van der Waals surface area contributed by atoms with Gasteiger partial charge in [0.2, 0.25) is 5.91 Å². The van der Waals surface area contributed by atoms with Crippen LogP contribution in [0.15, 0.2) is 47.8 Å². The molecule has 0 aliphatic carbocycles. The molecule has 6 heteroatoms. The third-order valence-corrected chi connectivity index (χ3v) is 5.42. The van der Waals surface area contributed by atoms with E-state index in [0.29, 0.717) is 6.42 Å². The Morgan fingerprint density at radius 3 is 2.59 bits per heavy atom. The highest BCUT2D eigenvalue weighted by Crippen LogP contribution is 2.28. The van der Waals surface area contributed by atoms with Gasteiger partial charge in [0.1, 0.15) is 6.54 Å². The van der Waals surface area contributed by atoms with Crippen molar-refractivity contribution in [2.24, 2.45) is 0 Å². The third-order valence-electron chi connectivity index (χ3n) is 4.53.